The van der Waals surface area contributed by atoms with Gasteiger partial charge in [-0.2, -0.15) is 0 Å². The summed E-state index contributed by atoms with van der Waals surface area (Å²) >= 11 is 0. The van der Waals surface area contributed by atoms with Crippen LogP contribution in [0.15, 0.2) is 48.5 Å². The molecule has 0 atom stereocenters. The molecule has 92 valence electrons. The van der Waals surface area contributed by atoms with Gasteiger partial charge in [0.05, 0.1) is 0 Å². The van der Waals surface area contributed by atoms with E-state index in [9.17, 15) is 0 Å². The molecule has 3 aromatic rings. The molecule has 0 N–H and O–H groups in total. The lowest BCUT2D eigenvalue weighted by Crippen LogP contribution is -1.95. The largest absolute Gasteiger partial charge is 0.0836 e. The highest BCUT2D eigenvalue weighted by atomic mass is 14.1. The Bertz CT molecular complexity index is 822. The maximum absolute atomic E-state index is 2.35. The Labute approximate surface area is 113 Å². The molecule has 0 saturated heterocycles. The fourth-order valence-corrected chi connectivity index (χ4v) is 3.18. The van der Waals surface area contributed by atoms with Crippen molar-refractivity contribution in [2.75, 3.05) is 0 Å². The third kappa shape index (κ3) is 1.60. The molecule has 0 fully saturated rings. The van der Waals surface area contributed by atoms with E-state index < -0.39 is 0 Å². The first-order valence-electron chi connectivity index (χ1n) is 6.94. The van der Waals surface area contributed by atoms with Crippen molar-refractivity contribution in [3.8, 4) is 0 Å². The van der Waals surface area contributed by atoms with E-state index in [0.29, 0.717) is 0 Å². The maximum atomic E-state index is 2.35. The van der Waals surface area contributed by atoms with Gasteiger partial charge < -0.3 is 0 Å². The first-order valence-corrected chi connectivity index (χ1v) is 6.94. The van der Waals surface area contributed by atoms with Crippen molar-refractivity contribution < 1.29 is 0 Å². The topological polar surface area (TPSA) is 0 Å². The van der Waals surface area contributed by atoms with Gasteiger partial charge in [-0.05, 0) is 70.1 Å². The van der Waals surface area contributed by atoms with Gasteiger partial charge in [0.15, 0.2) is 0 Å². The molecule has 0 aromatic heterocycles. The zero-order chi connectivity index (χ0) is 12.8. The highest BCUT2D eigenvalue weighted by Crippen LogP contribution is 2.32. The predicted octanol–water partition coefficient (Wildman–Crippen LogP) is 5.26. The van der Waals surface area contributed by atoms with Crippen molar-refractivity contribution in [3.05, 3.63) is 65.2 Å². The summed E-state index contributed by atoms with van der Waals surface area (Å²) in [7, 11) is 0. The van der Waals surface area contributed by atoms with Crippen molar-refractivity contribution >= 4 is 27.6 Å². The van der Waals surface area contributed by atoms with Gasteiger partial charge >= 0.3 is 0 Å². The third-order valence-corrected chi connectivity index (χ3v) is 4.23. The lowest BCUT2D eigenvalue weighted by atomic mass is 9.90. The van der Waals surface area contributed by atoms with Gasteiger partial charge in [-0.25, -0.2) is 0 Å². The van der Waals surface area contributed by atoms with E-state index in [2.05, 4.69) is 61.5 Å². The first-order chi connectivity index (χ1) is 9.33. The van der Waals surface area contributed by atoms with Crippen LogP contribution in [0.25, 0.3) is 27.6 Å². The van der Waals surface area contributed by atoms with Crippen LogP contribution in [0, 0.1) is 6.92 Å². The molecule has 0 aliphatic heterocycles. The van der Waals surface area contributed by atoms with E-state index in [4.69, 9.17) is 0 Å². The molecule has 0 bridgehead atoms. The van der Waals surface area contributed by atoms with Gasteiger partial charge in [-0.15, -0.1) is 0 Å². The van der Waals surface area contributed by atoms with E-state index in [1.165, 1.54) is 51.1 Å². The van der Waals surface area contributed by atoms with Crippen LogP contribution in [-0.2, 0) is 6.42 Å². The summed E-state index contributed by atoms with van der Waals surface area (Å²) in [6.07, 6.45) is 6.93. The number of hydrogen-bond donors (Lipinski definition) is 0. The number of fused-ring (bicyclic) bond motifs is 4. The quantitative estimate of drug-likeness (QED) is 0.473. The summed E-state index contributed by atoms with van der Waals surface area (Å²) in [5.74, 6) is 0. The SMILES string of the molecule is Cc1cccc2cc3c4c(ccc3cc12)CCC=C4. The molecule has 0 heterocycles. The smallest absolute Gasteiger partial charge is 0.0102 e. The fraction of sp³-hybridized carbons (Fsp3) is 0.158. The van der Waals surface area contributed by atoms with Crippen LogP contribution >= 0.6 is 0 Å². The van der Waals surface area contributed by atoms with E-state index in [1.807, 2.05) is 0 Å². The van der Waals surface area contributed by atoms with E-state index in [0.717, 1.165) is 0 Å². The van der Waals surface area contributed by atoms with Crippen LogP contribution in [0.5, 0.6) is 0 Å². The molecule has 1 aliphatic rings. The molecule has 0 nitrogen and oxygen atoms in total. The van der Waals surface area contributed by atoms with E-state index in [-0.39, 0.29) is 0 Å². The van der Waals surface area contributed by atoms with Gasteiger partial charge in [-0.1, -0.05) is 42.5 Å². The van der Waals surface area contributed by atoms with E-state index >= 15 is 0 Å². The summed E-state index contributed by atoms with van der Waals surface area (Å²) < 4.78 is 0. The molecule has 1 aliphatic carbocycles. The zero-order valence-electron chi connectivity index (χ0n) is 11.1. The average Bonchev–Trinajstić information content (AvgIpc) is 2.46. The van der Waals surface area contributed by atoms with Crippen LogP contribution in [0.4, 0.5) is 0 Å². The fourth-order valence-electron chi connectivity index (χ4n) is 3.18. The normalized spacial score (nSPS) is 13.9. The summed E-state index contributed by atoms with van der Waals surface area (Å²) in [5.41, 5.74) is 4.27. The highest BCUT2D eigenvalue weighted by molar-refractivity contribution is 6.03. The zero-order valence-corrected chi connectivity index (χ0v) is 11.1. The molecular formula is C19H16. The second kappa shape index (κ2) is 3.96. The number of aryl methyl sites for hydroxylation is 2. The summed E-state index contributed by atoms with van der Waals surface area (Å²) in [6, 6.07) is 15.8. The standard InChI is InChI=1S/C19H16/c1-13-5-4-7-15-12-19-16(11-18(13)15)10-9-14-6-2-3-8-17(14)19/h3-5,7-12H,2,6H2,1H3. The van der Waals surface area contributed by atoms with Gasteiger partial charge in [0, 0.05) is 0 Å². The Kier molecular flexibility index (Phi) is 2.25. The van der Waals surface area contributed by atoms with Crippen molar-refractivity contribution in [3.63, 3.8) is 0 Å². The van der Waals surface area contributed by atoms with Crippen LogP contribution in [-0.4, -0.2) is 0 Å². The van der Waals surface area contributed by atoms with Crippen LogP contribution in [0.1, 0.15) is 23.1 Å². The van der Waals surface area contributed by atoms with Crippen molar-refractivity contribution in [2.45, 2.75) is 19.8 Å². The van der Waals surface area contributed by atoms with Crippen molar-refractivity contribution in [1.29, 1.82) is 0 Å². The summed E-state index contributed by atoms with van der Waals surface area (Å²) in [5, 5.41) is 5.47. The monoisotopic (exact) mass is 244 g/mol. The summed E-state index contributed by atoms with van der Waals surface area (Å²) in [4.78, 5) is 0. The second-order valence-electron chi connectivity index (χ2n) is 5.45. The highest BCUT2D eigenvalue weighted by Gasteiger charge is 2.09. The molecule has 3 aromatic carbocycles. The number of rotatable bonds is 0. The van der Waals surface area contributed by atoms with Gasteiger partial charge in [0.2, 0.25) is 0 Å². The minimum Gasteiger partial charge on any atom is -0.0836 e. The van der Waals surface area contributed by atoms with Crippen LogP contribution in [0.2, 0.25) is 0 Å². The Balaban J connectivity index is 2.16. The van der Waals surface area contributed by atoms with Crippen LogP contribution < -0.4 is 0 Å². The second-order valence-corrected chi connectivity index (χ2v) is 5.45. The summed E-state index contributed by atoms with van der Waals surface area (Å²) in [6.45, 7) is 2.19. The molecule has 0 unspecified atom stereocenters. The maximum Gasteiger partial charge on any atom is -0.0102 e. The third-order valence-electron chi connectivity index (χ3n) is 4.23. The van der Waals surface area contributed by atoms with Gasteiger partial charge in [0.25, 0.3) is 0 Å². The Hall–Kier alpha value is -2.08. The molecule has 4 rings (SSSR count). The Morgan fingerprint density at radius 3 is 2.68 bits per heavy atom. The van der Waals surface area contributed by atoms with Gasteiger partial charge in [-0.3, -0.25) is 0 Å². The molecule has 0 saturated carbocycles. The molecular weight excluding hydrogens is 228 g/mol. The lowest BCUT2D eigenvalue weighted by Gasteiger charge is -2.14. The first kappa shape index (κ1) is 10.8. The molecule has 0 heteroatoms. The number of hydrogen-bond acceptors (Lipinski definition) is 0. The average molecular weight is 244 g/mol. The Morgan fingerprint density at radius 1 is 0.895 bits per heavy atom. The lowest BCUT2D eigenvalue weighted by molar-refractivity contribution is 0.990. The molecule has 0 radical (unpaired) electrons. The minimum atomic E-state index is 1.17. The van der Waals surface area contributed by atoms with E-state index in [1.54, 1.807) is 0 Å². The Morgan fingerprint density at radius 2 is 1.74 bits per heavy atom. The number of allylic oxidation sites excluding steroid dienone is 1. The van der Waals surface area contributed by atoms with Crippen molar-refractivity contribution in [1.82, 2.24) is 0 Å². The minimum absolute atomic E-state index is 1.17. The molecule has 0 spiro atoms. The predicted molar refractivity (Wildman–Crippen MR) is 83.5 cm³/mol. The molecule has 19 heavy (non-hydrogen) atoms. The van der Waals surface area contributed by atoms with Crippen molar-refractivity contribution in [2.24, 2.45) is 0 Å². The van der Waals surface area contributed by atoms with Crippen LogP contribution in [0.3, 0.4) is 0 Å². The molecule has 0 amide bonds. The number of benzene rings is 3. The van der Waals surface area contributed by atoms with Gasteiger partial charge in [0.1, 0.15) is 0 Å².